The second-order valence-electron chi connectivity index (χ2n) is 5.43. The van der Waals surface area contributed by atoms with E-state index in [1.807, 2.05) is 48.5 Å². The molecule has 0 N–H and O–H groups in total. The Hall–Kier alpha value is -2.04. The van der Waals surface area contributed by atoms with Gasteiger partial charge in [0, 0.05) is 20.1 Å². The Balaban J connectivity index is 2.04. The lowest BCUT2D eigenvalue weighted by Crippen LogP contribution is -1.95. The number of aromatic nitrogens is 2. The van der Waals surface area contributed by atoms with Crippen LogP contribution in [0.25, 0.3) is 33.5 Å². The maximum absolute atomic E-state index is 4.89. The molecule has 0 unspecified atom stereocenters. The van der Waals surface area contributed by atoms with E-state index >= 15 is 0 Å². The van der Waals surface area contributed by atoms with Crippen LogP contribution < -0.4 is 0 Å². The Morgan fingerprint density at radius 3 is 1.42 bits per heavy atom. The molecule has 0 amide bonds. The van der Waals surface area contributed by atoms with E-state index in [0.717, 1.165) is 42.5 Å². The van der Waals surface area contributed by atoms with Gasteiger partial charge < -0.3 is 0 Å². The van der Waals surface area contributed by atoms with Crippen molar-refractivity contribution in [3.8, 4) is 22.5 Å². The molecule has 24 heavy (non-hydrogen) atoms. The maximum Gasteiger partial charge on any atom is 0.0973 e. The lowest BCUT2D eigenvalue weighted by Gasteiger charge is -2.11. The number of hydrogen-bond acceptors (Lipinski definition) is 2. The summed E-state index contributed by atoms with van der Waals surface area (Å²) in [4.78, 5) is 9.79. The second kappa shape index (κ2) is 6.46. The van der Waals surface area contributed by atoms with Gasteiger partial charge in [-0.15, -0.1) is 0 Å². The van der Waals surface area contributed by atoms with Gasteiger partial charge in [0.2, 0.25) is 0 Å². The van der Waals surface area contributed by atoms with E-state index in [0.29, 0.717) is 0 Å². The van der Waals surface area contributed by atoms with Gasteiger partial charge in [-0.05, 0) is 36.4 Å². The summed E-state index contributed by atoms with van der Waals surface area (Å²) < 4.78 is 2.05. The summed E-state index contributed by atoms with van der Waals surface area (Å²) in [6.45, 7) is 0. The highest BCUT2D eigenvalue weighted by atomic mass is 79.9. The van der Waals surface area contributed by atoms with Crippen LogP contribution in [0.4, 0.5) is 0 Å². The summed E-state index contributed by atoms with van der Waals surface area (Å²) in [6.07, 6.45) is 0. The van der Waals surface area contributed by atoms with Crippen LogP contribution in [-0.4, -0.2) is 9.97 Å². The van der Waals surface area contributed by atoms with Gasteiger partial charge >= 0.3 is 0 Å². The zero-order valence-corrected chi connectivity index (χ0v) is 15.8. The molecule has 4 heteroatoms. The van der Waals surface area contributed by atoms with Crippen molar-refractivity contribution in [1.82, 2.24) is 9.97 Å². The third kappa shape index (κ3) is 2.99. The van der Waals surface area contributed by atoms with Crippen LogP contribution >= 0.6 is 31.9 Å². The lowest BCUT2D eigenvalue weighted by atomic mass is 10.0. The number of nitrogens with zero attached hydrogens (tertiary/aromatic N) is 2. The fourth-order valence-corrected chi connectivity index (χ4v) is 3.47. The van der Waals surface area contributed by atoms with Crippen LogP contribution in [0.1, 0.15) is 0 Å². The minimum Gasteiger partial charge on any atom is -0.244 e. The zero-order valence-electron chi connectivity index (χ0n) is 12.6. The van der Waals surface area contributed by atoms with E-state index in [-0.39, 0.29) is 0 Å². The third-order valence-corrected chi connectivity index (χ3v) is 4.75. The van der Waals surface area contributed by atoms with Crippen LogP contribution in [0.15, 0.2) is 81.7 Å². The Morgan fingerprint density at radius 1 is 0.542 bits per heavy atom. The van der Waals surface area contributed by atoms with Crippen LogP contribution in [0, 0.1) is 0 Å². The van der Waals surface area contributed by atoms with E-state index < -0.39 is 0 Å². The summed E-state index contributed by atoms with van der Waals surface area (Å²) >= 11 is 7.09. The molecule has 0 bridgehead atoms. The minimum atomic E-state index is 0.883. The van der Waals surface area contributed by atoms with Gasteiger partial charge in [0.1, 0.15) is 0 Å². The Kier molecular flexibility index (Phi) is 4.17. The van der Waals surface area contributed by atoms with Crippen molar-refractivity contribution in [3.63, 3.8) is 0 Å². The number of benzene rings is 3. The molecule has 1 heterocycles. The van der Waals surface area contributed by atoms with Crippen molar-refractivity contribution in [2.75, 3.05) is 0 Å². The molecule has 0 aliphatic heterocycles. The fraction of sp³-hybridized carbons (Fsp3) is 0. The minimum absolute atomic E-state index is 0.883. The van der Waals surface area contributed by atoms with Crippen molar-refractivity contribution < 1.29 is 0 Å². The molecule has 2 nitrogen and oxygen atoms in total. The van der Waals surface area contributed by atoms with Crippen LogP contribution in [0.3, 0.4) is 0 Å². The van der Waals surface area contributed by atoms with Gasteiger partial charge in [-0.25, -0.2) is 9.97 Å². The van der Waals surface area contributed by atoms with E-state index in [1.54, 1.807) is 0 Å². The van der Waals surface area contributed by atoms with Gasteiger partial charge in [-0.1, -0.05) is 68.3 Å². The Labute approximate surface area is 156 Å². The van der Waals surface area contributed by atoms with E-state index in [9.17, 15) is 0 Å². The standard InChI is InChI=1S/C20H12Br2N2/c21-15-7-3-5-13(11-15)19-20(14-6-4-8-16(22)12-14)24-18-10-2-1-9-17(18)23-19/h1-12H. The first kappa shape index (κ1) is 15.5. The van der Waals surface area contributed by atoms with E-state index in [4.69, 9.17) is 9.97 Å². The summed E-state index contributed by atoms with van der Waals surface area (Å²) in [5, 5.41) is 0. The van der Waals surface area contributed by atoms with Crippen LogP contribution in [0.2, 0.25) is 0 Å². The molecule has 4 aromatic rings. The number of hydrogen-bond donors (Lipinski definition) is 0. The zero-order chi connectivity index (χ0) is 16.5. The second-order valence-corrected chi connectivity index (χ2v) is 7.26. The van der Waals surface area contributed by atoms with Crippen molar-refractivity contribution in [2.24, 2.45) is 0 Å². The van der Waals surface area contributed by atoms with Crippen molar-refractivity contribution in [3.05, 3.63) is 81.7 Å². The normalized spacial score (nSPS) is 10.9. The highest BCUT2D eigenvalue weighted by molar-refractivity contribution is 9.10. The molecular weight excluding hydrogens is 428 g/mol. The Morgan fingerprint density at radius 2 is 1.00 bits per heavy atom. The molecule has 116 valence electrons. The highest BCUT2D eigenvalue weighted by Crippen LogP contribution is 2.33. The lowest BCUT2D eigenvalue weighted by molar-refractivity contribution is 1.29. The smallest absolute Gasteiger partial charge is 0.0973 e. The fourth-order valence-electron chi connectivity index (χ4n) is 2.67. The van der Waals surface area contributed by atoms with Crippen LogP contribution in [0.5, 0.6) is 0 Å². The summed E-state index contributed by atoms with van der Waals surface area (Å²) in [7, 11) is 0. The molecule has 0 aliphatic rings. The first-order valence-electron chi connectivity index (χ1n) is 7.49. The highest BCUT2D eigenvalue weighted by Gasteiger charge is 2.13. The maximum atomic E-state index is 4.89. The average molecular weight is 440 g/mol. The van der Waals surface area contributed by atoms with Crippen LogP contribution in [-0.2, 0) is 0 Å². The topological polar surface area (TPSA) is 25.8 Å². The summed E-state index contributed by atoms with van der Waals surface area (Å²) in [6, 6.07) is 24.3. The Bertz CT molecular complexity index is 960. The predicted molar refractivity (Wildman–Crippen MR) is 106 cm³/mol. The molecule has 4 rings (SSSR count). The van der Waals surface area contributed by atoms with Crippen molar-refractivity contribution in [2.45, 2.75) is 0 Å². The first-order chi connectivity index (χ1) is 11.7. The SMILES string of the molecule is Brc1cccc(-c2nc3ccccc3nc2-c2cccc(Br)c2)c1. The average Bonchev–Trinajstić information content (AvgIpc) is 2.60. The molecule has 0 atom stereocenters. The number of fused-ring (bicyclic) bond motifs is 1. The van der Waals surface area contributed by atoms with Gasteiger partial charge in [0.15, 0.2) is 0 Å². The number of halogens is 2. The molecule has 0 spiro atoms. The molecule has 0 saturated carbocycles. The van der Waals surface area contributed by atoms with Crippen molar-refractivity contribution >= 4 is 42.9 Å². The van der Waals surface area contributed by atoms with E-state index in [1.165, 1.54) is 0 Å². The molecule has 3 aromatic carbocycles. The molecule has 0 radical (unpaired) electrons. The molecule has 0 aliphatic carbocycles. The molecule has 0 saturated heterocycles. The largest absolute Gasteiger partial charge is 0.244 e. The molecule has 0 fully saturated rings. The van der Waals surface area contributed by atoms with E-state index in [2.05, 4.69) is 56.1 Å². The molecular formula is C20H12Br2N2. The van der Waals surface area contributed by atoms with Crippen molar-refractivity contribution in [1.29, 1.82) is 0 Å². The van der Waals surface area contributed by atoms with Gasteiger partial charge in [0.25, 0.3) is 0 Å². The number of para-hydroxylation sites is 2. The van der Waals surface area contributed by atoms with Gasteiger partial charge in [0.05, 0.1) is 22.4 Å². The molecule has 1 aromatic heterocycles. The van der Waals surface area contributed by atoms with Gasteiger partial charge in [-0.3, -0.25) is 0 Å². The third-order valence-electron chi connectivity index (χ3n) is 3.77. The first-order valence-corrected chi connectivity index (χ1v) is 9.08. The quantitative estimate of drug-likeness (QED) is 0.356. The monoisotopic (exact) mass is 438 g/mol. The predicted octanol–water partition coefficient (Wildman–Crippen LogP) is 6.49. The number of rotatable bonds is 2. The summed E-state index contributed by atoms with van der Waals surface area (Å²) in [5.74, 6) is 0. The summed E-state index contributed by atoms with van der Waals surface area (Å²) in [5.41, 5.74) is 5.63. The van der Waals surface area contributed by atoms with Gasteiger partial charge in [-0.2, -0.15) is 0 Å².